The van der Waals surface area contributed by atoms with Crippen LogP contribution in [0.5, 0.6) is 5.88 Å². The van der Waals surface area contributed by atoms with Crippen molar-refractivity contribution in [1.29, 1.82) is 0 Å². The SMILES string of the molecule is CCCc1nc(NC)c(N)c(OCCOC)n1. The molecule has 0 aromatic carbocycles. The molecule has 1 rings (SSSR count). The molecule has 0 bridgehead atoms. The minimum atomic E-state index is 0.421. The standard InChI is InChI=1S/C11H20N4O2/c1-4-5-8-14-10(13-2)9(12)11(15-8)17-7-6-16-3/h4-7,12H2,1-3H3,(H,13,14,15). The highest BCUT2D eigenvalue weighted by Gasteiger charge is 2.11. The molecule has 0 unspecified atom stereocenters. The van der Waals surface area contributed by atoms with Gasteiger partial charge in [0.15, 0.2) is 5.82 Å². The van der Waals surface area contributed by atoms with Crippen LogP contribution in [0.4, 0.5) is 11.5 Å². The predicted octanol–water partition coefficient (Wildman–Crippen LogP) is 1.08. The number of ether oxygens (including phenoxy) is 2. The van der Waals surface area contributed by atoms with Crippen LogP contribution < -0.4 is 15.8 Å². The summed E-state index contributed by atoms with van der Waals surface area (Å²) in [6.07, 6.45) is 1.78. The van der Waals surface area contributed by atoms with Gasteiger partial charge in [0.05, 0.1) is 6.61 Å². The maximum atomic E-state index is 5.89. The monoisotopic (exact) mass is 240 g/mol. The number of nitrogens with one attached hydrogen (secondary N) is 1. The van der Waals surface area contributed by atoms with Crippen LogP contribution in [0.2, 0.25) is 0 Å². The topological polar surface area (TPSA) is 82.3 Å². The number of rotatable bonds is 7. The summed E-state index contributed by atoms with van der Waals surface area (Å²) < 4.78 is 10.4. The zero-order chi connectivity index (χ0) is 12.7. The fourth-order valence-electron chi connectivity index (χ4n) is 1.35. The Morgan fingerprint density at radius 3 is 2.65 bits per heavy atom. The fraction of sp³-hybridized carbons (Fsp3) is 0.636. The maximum Gasteiger partial charge on any atom is 0.242 e. The van der Waals surface area contributed by atoms with Crippen molar-refractivity contribution in [3.63, 3.8) is 0 Å². The number of nitrogens with two attached hydrogens (primary N) is 1. The predicted molar refractivity (Wildman–Crippen MR) is 67.4 cm³/mol. The van der Waals surface area contributed by atoms with E-state index in [0.29, 0.717) is 30.6 Å². The molecule has 6 nitrogen and oxygen atoms in total. The van der Waals surface area contributed by atoms with Crippen molar-refractivity contribution in [2.75, 3.05) is 38.4 Å². The molecule has 0 saturated carbocycles. The largest absolute Gasteiger partial charge is 0.474 e. The number of hydrogen-bond donors (Lipinski definition) is 2. The first kappa shape index (κ1) is 13.5. The Morgan fingerprint density at radius 1 is 1.29 bits per heavy atom. The summed E-state index contributed by atoms with van der Waals surface area (Å²) in [5.74, 6) is 1.76. The van der Waals surface area contributed by atoms with Crippen molar-refractivity contribution in [1.82, 2.24) is 9.97 Å². The molecular weight excluding hydrogens is 220 g/mol. The fourth-order valence-corrected chi connectivity index (χ4v) is 1.35. The molecule has 17 heavy (non-hydrogen) atoms. The summed E-state index contributed by atoms with van der Waals surface area (Å²) in [4.78, 5) is 8.60. The van der Waals surface area contributed by atoms with Crippen LogP contribution in [-0.4, -0.2) is 37.3 Å². The van der Waals surface area contributed by atoms with Gasteiger partial charge in [-0.15, -0.1) is 0 Å². The zero-order valence-electron chi connectivity index (χ0n) is 10.6. The molecule has 0 atom stereocenters. The first-order valence-corrected chi connectivity index (χ1v) is 5.68. The van der Waals surface area contributed by atoms with Gasteiger partial charge in [0.2, 0.25) is 5.88 Å². The van der Waals surface area contributed by atoms with E-state index >= 15 is 0 Å². The van der Waals surface area contributed by atoms with E-state index in [2.05, 4.69) is 22.2 Å². The molecule has 1 aromatic rings. The number of anilines is 2. The Balaban J connectivity index is 2.88. The lowest BCUT2D eigenvalue weighted by Crippen LogP contribution is -2.11. The molecule has 0 amide bonds. The molecule has 0 aliphatic heterocycles. The van der Waals surface area contributed by atoms with Gasteiger partial charge in [-0.05, 0) is 6.42 Å². The van der Waals surface area contributed by atoms with Crippen molar-refractivity contribution >= 4 is 11.5 Å². The number of nitrogen functional groups attached to an aromatic ring is 1. The highest BCUT2D eigenvalue weighted by Crippen LogP contribution is 2.25. The zero-order valence-corrected chi connectivity index (χ0v) is 10.6. The van der Waals surface area contributed by atoms with E-state index in [9.17, 15) is 0 Å². The molecule has 6 heteroatoms. The molecule has 96 valence electrons. The van der Waals surface area contributed by atoms with Crippen LogP contribution in [0.15, 0.2) is 0 Å². The van der Waals surface area contributed by atoms with Crippen molar-refractivity contribution in [2.24, 2.45) is 0 Å². The molecule has 0 aliphatic carbocycles. The first-order valence-electron chi connectivity index (χ1n) is 5.68. The van der Waals surface area contributed by atoms with Crippen LogP contribution in [0.3, 0.4) is 0 Å². The van der Waals surface area contributed by atoms with Gasteiger partial charge in [-0.2, -0.15) is 4.98 Å². The van der Waals surface area contributed by atoms with Gasteiger partial charge in [0, 0.05) is 20.6 Å². The lowest BCUT2D eigenvalue weighted by Gasteiger charge is -2.12. The highest BCUT2D eigenvalue weighted by molar-refractivity contribution is 5.66. The molecule has 3 N–H and O–H groups in total. The summed E-state index contributed by atoms with van der Waals surface area (Å²) in [7, 11) is 3.39. The molecule has 0 saturated heterocycles. The van der Waals surface area contributed by atoms with Crippen LogP contribution in [-0.2, 0) is 11.2 Å². The van der Waals surface area contributed by atoms with E-state index in [1.54, 1.807) is 14.2 Å². The van der Waals surface area contributed by atoms with E-state index in [4.69, 9.17) is 15.2 Å². The Morgan fingerprint density at radius 2 is 2.06 bits per heavy atom. The van der Waals surface area contributed by atoms with Crippen LogP contribution in [0.1, 0.15) is 19.2 Å². The normalized spacial score (nSPS) is 10.3. The second kappa shape index (κ2) is 6.90. The van der Waals surface area contributed by atoms with Crippen LogP contribution in [0, 0.1) is 0 Å². The van der Waals surface area contributed by atoms with E-state index < -0.39 is 0 Å². The molecule has 1 heterocycles. The van der Waals surface area contributed by atoms with E-state index in [0.717, 1.165) is 18.7 Å². The van der Waals surface area contributed by atoms with Crippen molar-refractivity contribution in [2.45, 2.75) is 19.8 Å². The molecule has 0 aliphatic rings. The number of hydrogen-bond acceptors (Lipinski definition) is 6. The van der Waals surface area contributed by atoms with Gasteiger partial charge >= 0.3 is 0 Å². The second-order valence-electron chi connectivity index (χ2n) is 3.55. The summed E-state index contributed by atoms with van der Waals surface area (Å²) in [6.45, 7) is 3.00. The minimum absolute atomic E-state index is 0.421. The summed E-state index contributed by atoms with van der Waals surface area (Å²) >= 11 is 0. The second-order valence-corrected chi connectivity index (χ2v) is 3.55. The van der Waals surface area contributed by atoms with Crippen molar-refractivity contribution in [3.8, 4) is 5.88 Å². The number of nitrogens with zero attached hydrogens (tertiary/aromatic N) is 2. The molecular formula is C11H20N4O2. The summed E-state index contributed by atoms with van der Waals surface area (Å²) in [6, 6.07) is 0. The minimum Gasteiger partial charge on any atom is -0.474 e. The van der Waals surface area contributed by atoms with Gasteiger partial charge in [0.25, 0.3) is 0 Å². The van der Waals surface area contributed by atoms with Crippen molar-refractivity contribution in [3.05, 3.63) is 5.82 Å². The number of aromatic nitrogens is 2. The number of aryl methyl sites for hydroxylation is 1. The summed E-state index contributed by atoms with van der Waals surface area (Å²) in [5, 5.41) is 2.94. The van der Waals surface area contributed by atoms with E-state index in [1.165, 1.54) is 0 Å². The number of methoxy groups -OCH3 is 1. The van der Waals surface area contributed by atoms with E-state index in [-0.39, 0.29) is 0 Å². The average Bonchev–Trinajstić information content (AvgIpc) is 2.33. The molecule has 0 radical (unpaired) electrons. The lowest BCUT2D eigenvalue weighted by atomic mass is 10.3. The van der Waals surface area contributed by atoms with Crippen molar-refractivity contribution < 1.29 is 9.47 Å². The third kappa shape index (κ3) is 3.74. The van der Waals surface area contributed by atoms with Gasteiger partial charge in [-0.1, -0.05) is 6.92 Å². The van der Waals surface area contributed by atoms with Crippen LogP contribution in [0.25, 0.3) is 0 Å². The molecule has 1 aromatic heterocycles. The van der Waals surface area contributed by atoms with Crippen LogP contribution >= 0.6 is 0 Å². The third-order valence-electron chi connectivity index (χ3n) is 2.19. The Bertz CT molecular complexity index is 358. The highest BCUT2D eigenvalue weighted by atomic mass is 16.5. The average molecular weight is 240 g/mol. The van der Waals surface area contributed by atoms with Gasteiger partial charge in [-0.3, -0.25) is 0 Å². The van der Waals surface area contributed by atoms with E-state index in [1.807, 2.05) is 0 Å². The third-order valence-corrected chi connectivity index (χ3v) is 2.19. The Labute approximate surface area is 102 Å². The summed E-state index contributed by atoms with van der Waals surface area (Å²) in [5.41, 5.74) is 6.32. The smallest absolute Gasteiger partial charge is 0.242 e. The van der Waals surface area contributed by atoms with Gasteiger partial charge in [-0.25, -0.2) is 4.98 Å². The maximum absolute atomic E-state index is 5.89. The Hall–Kier alpha value is -1.56. The lowest BCUT2D eigenvalue weighted by molar-refractivity contribution is 0.144. The quantitative estimate of drug-likeness (QED) is 0.694. The Kier molecular flexibility index (Phi) is 5.48. The van der Waals surface area contributed by atoms with Gasteiger partial charge in [0.1, 0.15) is 18.1 Å². The first-order chi connectivity index (χ1) is 8.22. The molecule has 0 spiro atoms. The van der Waals surface area contributed by atoms with Gasteiger partial charge < -0.3 is 20.5 Å². The molecule has 0 fully saturated rings.